The number of methoxy groups -OCH3 is 1. The van der Waals surface area contributed by atoms with E-state index < -0.39 is 6.09 Å². The van der Waals surface area contributed by atoms with Gasteiger partial charge in [-0.3, -0.25) is 5.32 Å². The lowest BCUT2D eigenvalue weighted by Gasteiger charge is -2.15. The fourth-order valence-corrected chi connectivity index (χ4v) is 3.25. The van der Waals surface area contributed by atoms with Crippen LogP contribution in [0, 0.1) is 0 Å². The van der Waals surface area contributed by atoms with Gasteiger partial charge >= 0.3 is 6.09 Å². The molecule has 3 rings (SSSR count). The van der Waals surface area contributed by atoms with Crippen molar-refractivity contribution < 1.29 is 19.4 Å². The number of nitrogens with zero attached hydrogens (tertiary/aromatic N) is 3. The molecule has 0 fully saturated rings. The monoisotopic (exact) mass is 408 g/mol. The quantitative estimate of drug-likeness (QED) is 0.645. The number of hydrogen-bond donors (Lipinski definition) is 2. The Hall–Kier alpha value is -2.62. The number of halogens is 1. The van der Waals surface area contributed by atoms with Crippen LogP contribution >= 0.6 is 22.9 Å². The van der Waals surface area contributed by atoms with Crippen LogP contribution in [0.25, 0.3) is 10.2 Å². The fourth-order valence-electron chi connectivity index (χ4n) is 2.32. The Bertz CT molecular complexity index is 965. The summed E-state index contributed by atoms with van der Waals surface area (Å²) >= 11 is 7.33. The lowest BCUT2D eigenvalue weighted by molar-refractivity contribution is 0.215. The molecule has 0 aliphatic rings. The maximum absolute atomic E-state index is 12.3. The summed E-state index contributed by atoms with van der Waals surface area (Å²) in [6, 6.07) is 4.87. The summed E-state index contributed by atoms with van der Waals surface area (Å²) < 4.78 is 11.4. The number of anilines is 2. The first-order chi connectivity index (χ1) is 13.0. The van der Waals surface area contributed by atoms with Crippen molar-refractivity contribution in [3.63, 3.8) is 0 Å². The molecule has 142 valence electrons. The van der Waals surface area contributed by atoms with Crippen molar-refractivity contribution in [1.29, 1.82) is 0 Å². The Morgan fingerprint density at radius 2 is 2.22 bits per heavy atom. The van der Waals surface area contributed by atoms with Crippen molar-refractivity contribution in [3.8, 4) is 11.5 Å². The number of thiophene rings is 1. The van der Waals surface area contributed by atoms with Gasteiger partial charge in [-0.2, -0.15) is 0 Å². The predicted molar refractivity (Wildman–Crippen MR) is 105 cm³/mol. The molecule has 0 aliphatic carbocycles. The highest BCUT2D eigenvalue weighted by molar-refractivity contribution is 7.17. The summed E-state index contributed by atoms with van der Waals surface area (Å²) in [5.74, 6) is 1.20. The molecule has 2 heterocycles. The van der Waals surface area contributed by atoms with E-state index in [0.29, 0.717) is 40.2 Å². The predicted octanol–water partition coefficient (Wildman–Crippen LogP) is 3.39. The third-order valence-electron chi connectivity index (χ3n) is 3.65. The van der Waals surface area contributed by atoms with E-state index >= 15 is 0 Å². The molecule has 10 heteroatoms. The maximum atomic E-state index is 12.3. The molecule has 0 radical (unpaired) electrons. The molecule has 2 N–H and O–H groups in total. The molecule has 0 saturated carbocycles. The maximum Gasteiger partial charge on any atom is 0.417 e. The molecule has 27 heavy (non-hydrogen) atoms. The van der Waals surface area contributed by atoms with Crippen molar-refractivity contribution in [2.75, 3.05) is 37.5 Å². The number of carbonyl (C=O) groups excluding carboxylic acids is 1. The van der Waals surface area contributed by atoms with Crippen molar-refractivity contribution in [2.45, 2.75) is 0 Å². The smallest absolute Gasteiger partial charge is 0.417 e. The van der Waals surface area contributed by atoms with Crippen LogP contribution in [0.3, 0.4) is 0 Å². The van der Waals surface area contributed by atoms with Crippen LogP contribution < -0.4 is 19.7 Å². The average molecular weight is 409 g/mol. The third-order valence-corrected chi connectivity index (χ3v) is 4.77. The van der Waals surface area contributed by atoms with Crippen LogP contribution in [0.2, 0.25) is 5.02 Å². The first-order valence-corrected chi connectivity index (χ1v) is 9.16. The number of likely N-dealkylation sites (N-methyl/N-ethyl adjacent to an activating group) is 1. The van der Waals surface area contributed by atoms with E-state index in [2.05, 4.69) is 15.3 Å². The first kappa shape index (κ1) is 19.2. The molecule has 0 spiro atoms. The van der Waals surface area contributed by atoms with Crippen LogP contribution in [0.15, 0.2) is 29.8 Å². The Balaban J connectivity index is 1.81. The minimum Gasteiger partial charge on any atom is -0.495 e. The van der Waals surface area contributed by atoms with Gasteiger partial charge in [0.1, 0.15) is 11.3 Å². The number of hydrogen-bond acceptors (Lipinski definition) is 8. The molecular weight excluding hydrogens is 392 g/mol. The van der Waals surface area contributed by atoms with E-state index in [1.165, 1.54) is 18.4 Å². The largest absolute Gasteiger partial charge is 0.495 e. The first-order valence-electron chi connectivity index (χ1n) is 7.90. The van der Waals surface area contributed by atoms with Gasteiger partial charge in [0.05, 0.1) is 30.3 Å². The molecule has 2 aromatic heterocycles. The molecule has 0 bridgehead atoms. The normalized spacial score (nSPS) is 10.7. The second-order valence-electron chi connectivity index (χ2n) is 5.49. The minimum atomic E-state index is -0.695. The van der Waals surface area contributed by atoms with Gasteiger partial charge in [-0.15, -0.1) is 11.3 Å². The molecular formula is C17H17ClN4O4S. The molecule has 8 nitrogen and oxygen atoms in total. The highest BCUT2D eigenvalue weighted by Gasteiger charge is 2.16. The van der Waals surface area contributed by atoms with Gasteiger partial charge in [0.15, 0.2) is 5.75 Å². The summed E-state index contributed by atoms with van der Waals surface area (Å²) in [6.07, 6.45) is 0.959. The van der Waals surface area contributed by atoms with Gasteiger partial charge in [0.25, 0.3) is 0 Å². The zero-order valence-electron chi connectivity index (χ0n) is 14.6. The molecule has 1 amide bonds. The number of aromatic nitrogens is 2. The highest BCUT2D eigenvalue weighted by Crippen LogP contribution is 2.32. The fraction of sp³-hybridized carbons (Fsp3) is 0.235. The number of nitrogens with one attached hydrogen (secondary N) is 1. The van der Waals surface area contributed by atoms with Crippen molar-refractivity contribution in [2.24, 2.45) is 0 Å². The van der Waals surface area contributed by atoms with Crippen LogP contribution in [0.5, 0.6) is 11.5 Å². The number of benzene rings is 1. The van der Waals surface area contributed by atoms with Gasteiger partial charge in [0, 0.05) is 24.0 Å². The van der Waals surface area contributed by atoms with Gasteiger partial charge in [0.2, 0.25) is 5.95 Å². The Morgan fingerprint density at radius 3 is 2.96 bits per heavy atom. The number of rotatable bonds is 6. The van der Waals surface area contributed by atoms with Gasteiger partial charge in [-0.1, -0.05) is 11.6 Å². The topological polar surface area (TPSA) is 96.8 Å². The third kappa shape index (κ3) is 4.38. The van der Waals surface area contributed by atoms with E-state index in [0.717, 1.165) is 4.70 Å². The Labute approximate surface area is 164 Å². The van der Waals surface area contributed by atoms with Crippen LogP contribution in [0.4, 0.5) is 16.4 Å². The van der Waals surface area contributed by atoms with E-state index in [-0.39, 0.29) is 6.61 Å². The van der Waals surface area contributed by atoms with Gasteiger partial charge in [-0.25, -0.2) is 14.8 Å². The average Bonchev–Trinajstić information content (AvgIpc) is 3.04. The summed E-state index contributed by atoms with van der Waals surface area (Å²) in [6.45, 7) is 0.371. The number of aliphatic hydroxyl groups excluding tert-OH is 1. The summed E-state index contributed by atoms with van der Waals surface area (Å²) in [5.41, 5.74) is 0.913. The summed E-state index contributed by atoms with van der Waals surface area (Å²) in [4.78, 5) is 22.7. The van der Waals surface area contributed by atoms with Crippen LogP contribution in [-0.4, -0.2) is 48.5 Å². The van der Waals surface area contributed by atoms with Crippen LogP contribution in [-0.2, 0) is 0 Å². The SMILES string of the molecule is COc1ccc(Cl)cc1NC(=O)Oc1csc2cnc(N(C)CCO)nc12. The number of aliphatic hydroxyl groups is 1. The lowest BCUT2D eigenvalue weighted by atomic mass is 10.3. The van der Waals surface area contributed by atoms with Crippen molar-refractivity contribution in [3.05, 3.63) is 34.8 Å². The standard InChI is InChI=1S/C17H17ClN4O4S/c1-22(5-6-23)16-19-8-14-15(21-16)13(9-27-14)26-17(24)20-11-7-10(18)3-4-12(11)25-2/h3-4,7-9,23H,5-6H2,1-2H3,(H,20,24). The summed E-state index contributed by atoms with van der Waals surface area (Å²) in [7, 11) is 3.26. The molecule has 3 aromatic rings. The van der Waals surface area contributed by atoms with Gasteiger partial charge in [-0.05, 0) is 18.2 Å². The minimum absolute atomic E-state index is 0.0191. The second-order valence-corrected chi connectivity index (χ2v) is 6.83. The Kier molecular flexibility index (Phi) is 5.94. The number of ether oxygens (including phenoxy) is 2. The van der Waals surface area contributed by atoms with Crippen LogP contribution in [0.1, 0.15) is 0 Å². The number of fused-ring (bicyclic) bond motifs is 1. The molecule has 0 unspecified atom stereocenters. The van der Waals surface area contributed by atoms with Crippen molar-refractivity contribution >= 4 is 50.9 Å². The Morgan fingerprint density at radius 1 is 1.41 bits per heavy atom. The zero-order chi connectivity index (χ0) is 19.4. The summed E-state index contributed by atoms with van der Waals surface area (Å²) in [5, 5.41) is 13.8. The zero-order valence-corrected chi connectivity index (χ0v) is 16.2. The highest BCUT2D eigenvalue weighted by atomic mass is 35.5. The number of amides is 1. The van der Waals surface area contributed by atoms with Gasteiger partial charge < -0.3 is 19.5 Å². The molecule has 0 aliphatic heterocycles. The molecule has 1 aromatic carbocycles. The van der Waals surface area contributed by atoms with E-state index in [1.807, 2.05) is 0 Å². The van der Waals surface area contributed by atoms with E-state index in [1.54, 1.807) is 41.7 Å². The molecule has 0 saturated heterocycles. The van der Waals surface area contributed by atoms with E-state index in [9.17, 15) is 4.79 Å². The number of carbonyl (C=O) groups is 1. The van der Waals surface area contributed by atoms with E-state index in [4.69, 9.17) is 26.2 Å². The molecule has 0 atom stereocenters. The van der Waals surface area contributed by atoms with Crippen molar-refractivity contribution in [1.82, 2.24) is 9.97 Å². The lowest BCUT2D eigenvalue weighted by Crippen LogP contribution is -2.23. The second kappa shape index (κ2) is 8.38.